The van der Waals surface area contributed by atoms with E-state index in [-0.39, 0.29) is 23.8 Å². The Bertz CT molecular complexity index is 1070. The van der Waals surface area contributed by atoms with Gasteiger partial charge >= 0.3 is 0 Å². The fourth-order valence-electron chi connectivity index (χ4n) is 2.58. The van der Waals surface area contributed by atoms with Crippen molar-refractivity contribution in [3.8, 4) is 11.5 Å². The van der Waals surface area contributed by atoms with Crippen LogP contribution in [0.4, 0.5) is 5.69 Å². The van der Waals surface area contributed by atoms with Crippen LogP contribution in [-0.4, -0.2) is 25.9 Å². The number of sulfonamides is 1. The quantitative estimate of drug-likeness (QED) is 0.591. The molecule has 8 heteroatoms. The molecule has 2 aromatic carbocycles. The predicted molar refractivity (Wildman–Crippen MR) is 110 cm³/mol. The van der Waals surface area contributed by atoms with Crippen molar-refractivity contribution in [1.82, 2.24) is 9.71 Å². The molecule has 29 heavy (non-hydrogen) atoms. The van der Waals surface area contributed by atoms with Crippen LogP contribution in [0.5, 0.6) is 11.5 Å². The number of hydrogen-bond acceptors (Lipinski definition) is 5. The van der Waals surface area contributed by atoms with E-state index in [9.17, 15) is 13.2 Å². The Hall–Kier alpha value is -3.23. The van der Waals surface area contributed by atoms with Gasteiger partial charge in [-0.05, 0) is 55.0 Å². The summed E-state index contributed by atoms with van der Waals surface area (Å²) in [5.74, 6) is 0.991. The maximum absolute atomic E-state index is 12.1. The maximum atomic E-state index is 12.1. The van der Waals surface area contributed by atoms with E-state index in [2.05, 4.69) is 15.0 Å². The first-order valence-corrected chi connectivity index (χ1v) is 10.5. The van der Waals surface area contributed by atoms with Crippen molar-refractivity contribution in [3.05, 3.63) is 78.6 Å². The fourth-order valence-corrected chi connectivity index (χ4v) is 3.63. The third kappa shape index (κ3) is 5.87. The molecule has 0 saturated heterocycles. The Morgan fingerprint density at radius 2 is 1.86 bits per heavy atom. The highest BCUT2D eigenvalue weighted by atomic mass is 32.2. The lowest BCUT2D eigenvalue weighted by atomic mass is 10.2. The molecule has 150 valence electrons. The van der Waals surface area contributed by atoms with E-state index in [4.69, 9.17) is 4.74 Å². The van der Waals surface area contributed by atoms with Gasteiger partial charge in [-0.2, -0.15) is 0 Å². The molecule has 0 radical (unpaired) electrons. The van der Waals surface area contributed by atoms with Gasteiger partial charge in [-0.1, -0.05) is 18.2 Å². The number of aromatic nitrogens is 1. The van der Waals surface area contributed by atoms with Gasteiger partial charge < -0.3 is 10.1 Å². The van der Waals surface area contributed by atoms with Gasteiger partial charge in [0.05, 0.1) is 11.1 Å². The molecule has 0 aliphatic carbocycles. The summed E-state index contributed by atoms with van der Waals surface area (Å²) >= 11 is 0. The number of carbonyl (C=O) groups excluding carboxylic acids is 1. The molecular formula is C21H21N3O4S. The Morgan fingerprint density at radius 1 is 1.07 bits per heavy atom. The Balaban J connectivity index is 1.52. The largest absolute Gasteiger partial charge is 0.455 e. The van der Waals surface area contributed by atoms with Crippen molar-refractivity contribution in [2.45, 2.75) is 18.2 Å². The summed E-state index contributed by atoms with van der Waals surface area (Å²) in [5.41, 5.74) is 1.45. The van der Waals surface area contributed by atoms with Crippen molar-refractivity contribution >= 4 is 21.6 Å². The second kappa shape index (κ2) is 9.31. The highest BCUT2D eigenvalue weighted by Gasteiger charge is 2.13. The van der Waals surface area contributed by atoms with E-state index < -0.39 is 10.0 Å². The van der Waals surface area contributed by atoms with Crippen LogP contribution < -0.4 is 14.8 Å². The van der Waals surface area contributed by atoms with Crippen LogP contribution in [0, 0.1) is 6.92 Å². The van der Waals surface area contributed by atoms with Crippen LogP contribution in [0.1, 0.15) is 12.0 Å². The number of aryl methyl sites for hydroxylation is 1. The first-order valence-electron chi connectivity index (χ1n) is 8.97. The summed E-state index contributed by atoms with van der Waals surface area (Å²) in [7, 11) is -3.62. The summed E-state index contributed by atoms with van der Waals surface area (Å²) in [5, 5.41) is 2.76. The molecule has 3 rings (SSSR count). The molecular weight excluding hydrogens is 390 g/mol. The number of carbonyl (C=O) groups is 1. The van der Waals surface area contributed by atoms with Crippen molar-refractivity contribution in [2.24, 2.45) is 0 Å². The van der Waals surface area contributed by atoms with Gasteiger partial charge in [0.15, 0.2) is 0 Å². The van der Waals surface area contributed by atoms with Gasteiger partial charge in [-0.3, -0.25) is 9.78 Å². The van der Waals surface area contributed by atoms with Crippen LogP contribution in [0.25, 0.3) is 0 Å². The average molecular weight is 411 g/mol. The summed E-state index contributed by atoms with van der Waals surface area (Å²) in [4.78, 5) is 16.3. The number of nitrogens with one attached hydrogen (secondary N) is 2. The molecule has 0 atom stereocenters. The average Bonchev–Trinajstić information content (AvgIpc) is 2.71. The number of hydrogen-bond donors (Lipinski definition) is 2. The van der Waals surface area contributed by atoms with Gasteiger partial charge in [0, 0.05) is 24.8 Å². The van der Waals surface area contributed by atoms with Crippen LogP contribution in [0.15, 0.2) is 78.0 Å². The van der Waals surface area contributed by atoms with Gasteiger partial charge in [0.2, 0.25) is 15.9 Å². The van der Waals surface area contributed by atoms with Crippen molar-refractivity contribution in [2.75, 3.05) is 11.9 Å². The van der Waals surface area contributed by atoms with Gasteiger partial charge in [0.25, 0.3) is 0 Å². The Labute approximate surface area is 169 Å². The number of nitrogens with zero attached hydrogens (tertiary/aromatic N) is 1. The lowest BCUT2D eigenvalue weighted by Gasteiger charge is -2.11. The van der Waals surface area contributed by atoms with E-state index in [1.54, 1.807) is 60.9 Å². The second-order valence-electron chi connectivity index (χ2n) is 6.28. The third-order valence-electron chi connectivity index (χ3n) is 4.02. The van der Waals surface area contributed by atoms with E-state index >= 15 is 0 Å². The topological polar surface area (TPSA) is 97.4 Å². The summed E-state index contributed by atoms with van der Waals surface area (Å²) in [6, 6.07) is 16.9. The first-order chi connectivity index (χ1) is 13.9. The molecule has 0 aliphatic heterocycles. The number of anilines is 1. The van der Waals surface area contributed by atoms with E-state index in [0.29, 0.717) is 17.2 Å². The lowest BCUT2D eigenvalue weighted by molar-refractivity contribution is -0.116. The zero-order valence-corrected chi connectivity index (χ0v) is 16.6. The highest BCUT2D eigenvalue weighted by Crippen LogP contribution is 2.26. The number of rotatable bonds is 8. The molecule has 7 nitrogen and oxygen atoms in total. The van der Waals surface area contributed by atoms with Gasteiger partial charge in [-0.15, -0.1) is 0 Å². The van der Waals surface area contributed by atoms with E-state index in [0.717, 1.165) is 5.56 Å². The number of pyridine rings is 1. The Morgan fingerprint density at radius 3 is 2.55 bits per heavy atom. The monoisotopic (exact) mass is 411 g/mol. The van der Waals surface area contributed by atoms with Crippen LogP contribution in [0.2, 0.25) is 0 Å². The smallest absolute Gasteiger partial charge is 0.240 e. The normalized spacial score (nSPS) is 11.1. The summed E-state index contributed by atoms with van der Waals surface area (Å²) in [6.45, 7) is 1.87. The summed E-state index contributed by atoms with van der Waals surface area (Å²) < 4.78 is 32.5. The minimum Gasteiger partial charge on any atom is -0.455 e. The predicted octanol–water partition coefficient (Wildman–Crippen LogP) is 3.49. The molecule has 0 fully saturated rings. The number of amides is 1. The summed E-state index contributed by atoms with van der Waals surface area (Å²) in [6.07, 6.45) is 3.29. The van der Waals surface area contributed by atoms with E-state index in [1.165, 1.54) is 12.1 Å². The fraction of sp³-hybridized carbons (Fsp3) is 0.143. The SMILES string of the molecule is Cc1cc(NC(=O)CCNS(=O)(=O)c2ccccc2)ccc1Oc1cccnc1. The van der Waals surface area contributed by atoms with Crippen LogP contribution in [-0.2, 0) is 14.8 Å². The molecule has 0 saturated carbocycles. The molecule has 0 aliphatic rings. The molecule has 3 aromatic rings. The standard InChI is InChI=1S/C21H21N3O4S/c1-16-14-17(9-10-20(16)28-18-6-5-12-22-15-18)24-21(25)11-13-23-29(26,27)19-7-3-2-4-8-19/h2-10,12,14-15,23H,11,13H2,1H3,(H,24,25). The molecule has 1 aromatic heterocycles. The minimum atomic E-state index is -3.62. The van der Waals surface area contributed by atoms with Crippen molar-refractivity contribution in [1.29, 1.82) is 0 Å². The molecule has 1 amide bonds. The van der Waals surface area contributed by atoms with Gasteiger partial charge in [0.1, 0.15) is 11.5 Å². The van der Waals surface area contributed by atoms with E-state index in [1.807, 2.05) is 6.92 Å². The zero-order chi connectivity index (χ0) is 20.7. The van der Waals surface area contributed by atoms with Crippen LogP contribution >= 0.6 is 0 Å². The van der Waals surface area contributed by atoms with Crippen molar-refractivity contribution in [3.63, 3.8) is 0 Å². The molecule has 0 unspecified atom stereocenters. The van der Waals surface area contributed by atoms with Crippen molar-refractivity contribution < 1.29 is 17.9 Å². The second-order valence-corrected chi connectivity index (χ2v) is 8.05. The maximum Gasteiger partial charge on any atom is 0.240 e. The van der Waals surface area contributed by atoms with Crippen LogP contribution in [0.3, 0.4) is 0 Å². The lowest BCUT2D eigenvalue weighted by Crippen LogP contribution is -2.27. The minimum absolute atomic E-state index is 0.00421. The molecule has 1 heterocycles. The number of ether oxygens (including phenoxy) is 1. The zero-order valence-electron chi connectivity index (χ0n) is 15.8. The first kappa shape index (κ1) is 20.5. The van der Waals surface area contributed by atoms with Gasteiger partial charge in [-0.25, -0.2) is 13.1 Å². The molecule has 0 bridgehead atoms. The third-order valence-corrected chi connectivity index (χ3v) is 5.50. The molecule has 2 N–H and O–H groups in total. The number of benzene rings is 2. The Kier molecular flexibility index (Phi) is 6.58. The molecule has 0 spiro atoms. The highest BCUT2D eigenvalue weighted by molar-refractivity contribution is 7.89.